The fourth-order valence-corrected chi connectivity index (χ4v) is 7.24. The van der Waals surface area contributed by atoms with Crippen LogP contribution in [0.2, 0.25) is 0 Å². The van der Waals surface area contributed by atoms with Gasteiger partial charge >= 0.3 is 5.97 Å². The molecule has 1 spiro atoms. The minimum absolute atomic E-state index is 0.00719. The lowest BCUT2D eigenvalue weighted by atomic mass is 9.50. The third kappa shape index (κ3) is 1.10. The van der Waals surface area contributed by atoms with Crippen molar-refractivity contribution < 1.29 is 9.53 Å². The molecule has 2 nitrogen and oxygen atoms in total. The molecule has 7 atom stereocenters. The lowest BCUT2D eigenvalue weighted by molar-refractivity contribution is -0.196. The van der Waals surface area contributed by atoms with Gasteiger partial charge in [0.05, 0.1) is 5.41 Å². The van der Waals surface area contributed by atoms with Crippen LogP contribution in [0.5, 0.6) is 0 Å². The molecule has 0 amide bonds. The Labute approximate surface area is 128 Å². The van der Waals surface area contributed by atoms with Crippen molar-refractivity contribution in [3.8, 4) is 0 Å². The van der Waals surface area contributed by atoms with E-state index < -0.39 is 0 Å². The molecule has 5 rings (SSSR count). The van der Waals surface area contributed by atoms with Crippen molar-refractivity contribution in [3.05, 3.63) is 0 Å². The molecule has 0 saturated heterocycles. The summed E-state index contributed by atoms with van der Waals surface area (Å²) in [6, 6.07) is 0. The first-order chi connectivity index (χ1) is 9.92. The zero-order chi connectivity index (χ0) is 14.7. The Morgan fingerprint density at radius 2 is 2.00 bits per heavy atom. The SMILES string of the molecule is CCC1(C)CCC1(C)C(=O)OC12CC3CC4CCC1C32C4. The summed E-state index contributed by atoms with van der Waals surface area (Å²) in [6.45, 7) is 6.67. The lowest BCUT2D eigenvalue weighted by Crippen LogP contribution is -2.55. The predicted octanol–water partition coefficient (Wildman–Crippen LogP) is 4.32. The number of esters is 1. The van der Waals surface area contributed by atoms with Crippen molar-refractivity contribution in [2.75, 3.05) is 0 Å². The highest BCUT2D eigenvalue weighted by Gasteiger charge is 2.91. The summed E-state index contributed by atoms with van der Waals surface area (Å²) >= 11 is 0. The number of hydrogen-bond acceptors (Lipinski definition) is 2. The maximum atomic E-state index is 13.0. The largest absolute Gasteiger partial charge is 0.458 e. The Morgan fingerprint density at radius 1 is 1.19 bits per heavy atom. The quantitative estimate of drug-likeness (QED) is 0.723. The van der Waals surface area contributed by atoms with Gasteiger partial charge in [-0.1, -0.05) is 13.8 Å². The molecule has 7 unspecified atom stereocenters. The topological polar surface area (TPSA) is 26.3 Å². The molecule has 2 heteroatoms. The molecule has 0 aromatic rings. The molecule has 0 N–H and O–H groups in total. The molecular weight excluding hydrogens is 260 g/mol. The third-order valence-corrected chi connectivity index (χ3v) is 9.29. The fourth-order valence-electron chi connectivity index (χ4n) is 7.24. The average Bonchev–Trinajstić information content (AvgIpc) is 2.80. The van der Waals surface area contributed by atoms with Crippen molar-refractivity contribution in [3.63, 3.8) is 0 Å². The van der Waals surface area contributed by atoms with Gasteiger partial charge in [0.1, 0.15) is 5.60 Å². The first-order valence-electron chi connectivity index (χ1n) is 9.15. The van der Waals surface area contributed by atoms with Crippen LogP contribution in [-0.4, -0.2) is 11.6 Å². The number of carbonyl (C=O) groups excluding carboxylic acids is 1. The van der Waals surface area contributed by atoms with E-state index in [0.717, 1.165) is 30.6 Å². The minimum Gasteiger partial charge on any atom is -0.458 e. The van der Waals surface area contributed by atoms with Crippen molar-refractivity contribution in [1.29, 1.82) is 0 Å². The standard InChI is InChI=1S/C19H28O2/c1-4-16(2)7-8-17(16,3)15(20)21-19-11-13-9-12-5-6-14(19)18(13,19)10-12/h12-14H,4-11H2,1-3H3. The second-order valence-corrected chi connectivity index (χ2v) is 9.40. The van der Waals surface area contributed by atoms with Crippen LogP contribution in [-0.2, 0) is 9.53 Å². The van der Waals surface area contributed by atoms with E-state index in [1.165, 1.54) is 38.5 Å². The summed E-state index contributed by atoms with van der Waals surface area (Å²) < 4.78 is 6.35. The third-order valence-electron chi connectivity index (χ3n) is 9.29. The summed E-state index contributed by atoms with van der Waals surface area (Å²) in [5.74, 6) is 2.72. The van der Waals surface area contributed by atoms with Crippen molar-refractivity contribution in [2.45, 2.75) is 77.7 Å². The molecule has 5 aliphatic rings. The highest BCUT2D eigenvalue weighted by Crippen LogP contribution is 2.89. The van der Waals surface area contributed by atoms with Gasteiger partial charge in [0.25, 0.3) is 0 Å². The molecule has 5 saturated carbocycles. The summed E-state index contributed by atoms with van der Waals surface area (Å²) in [5.41, 5.74) is 0.420. The van der Waals surface area contributed by atoms with E-state index in [-0.39, 0.29) is 22.4 Å². The van der Waals surface area contributed by atoms with Crippen LogP contribution in [0.4, 0.5) is 0 Å². The molecule has 5 aliphatic carbocycles. The highest BCUT2D eigenvalue weighted by atomic mass is 16.6. The van der Waals surface area contributed by atoms with Crippen LogP contribution in [0.1, 0.15) is 72.1 Å². The second kappa shape index (κ2) is 3.36. The van der Waals surface area contributed by atoms with Crippen LogP contribution < -0.4 is 0 Å². The van der Waals surface area contributed by atoms with Crippen LogP contribution in [0.15, 0.2) is 0 Å². The summed E-state index contributed by atoms with van der Waals surface area (Å²) in [7, 11) is 0. The Bertz CT molecular complexity index is 538. The van der Waals surface area contributed by atoms with Gasteiger partial charge in [-0.25, -0.2) is 0 Å². The Morgan fingerprint density at radius 3 is 2.67 bits per heavy atom. The fraction of sp³-hybridized carbons (Fsp3) is 0.947. The van der Waals surface area contributed by atoms with Gasteiger partial charge in [0, 0.05) is 11.3 Å². The van der Waals surface area contributed by atoms with Crippen LogP contribution in [0.25, 0.3) is 0 Å². The second-order valence-electron chi connectivity index (χ2n) is 9.40. The van der Waals surface area contributed by atoms with E-state index in [9.17, 15) is 4.79 Å². The molecule has 0 heterocycles. The van der Waals surface area contributed by atoms with E-state index in [0.29, 0.717) is 5.41 Å². The van der Waals surface area contributed by atoms with Gasteiger partial charge in [-0.05, 0) is 75.5 Å². The summed E-state index contributed by atoms with van der Waals surface area (Å²) in [5, 5.41) is 0. The summed E-state index contributed by atoms with van der Waals surface area (Å²) in [6.07, 6.45) is 10.0. The van der Waals surface area contributed by atoms with Gasteiger partial charge in [-0.2, -0.15) is 0 Å². The number of carbonyl (C=O) groups is 1. The monoisotopic (exact) mass is 288 g/mol. The lowest BCUT2D eigenvalue weighted by Gasteiger charge is -2.55. The molecular formula is C19H28O2. The molecule has 0 radical (unpaired) electrons. The van der Waals surface area contributed by atoms with E-state index >= 15 is 0 Å². The smallest absolute Gasteiger partial charge is 0.312 e. The van der Waals surface area contributed by atoms with Gasteiger partial charge in [0.15, 0.2) is 0 Å². The van der Waals surface area contributed by atoms with Gasteiger partial charge in [-0.3, -0.25) is 4.79 Å². The molecule has 5 fully saturated rings. The van der Waals surface area contributed by atoms with Crippen molar-refractivity contribution in [1.82, 2.24) is 0 Å². The number of rotatable bonds is 3. The predicted molar refractivity (Wildman–Crippen MR) is 80.6 cm³/mol. The maximum absolute atomic E-state index is 13.0. The van der Waals surface area contributed by atoms with E-state index in [1.807, 2.05) is 0 Å². The van der Waals surface area contributed by atoms with Gasteiger partial charge < -0.3 is 4.74 Å². The van der Waals surface area contributed by atoms with Gasteiger partial charge in [0.2, 0.25) is 0 Å². The molecule has 116 valence electrons. The number of fused-ring (bicyclic) bond motifs is 2. The van der Waals surface area contributed by atoms with Crippen molar-refractivity contribution in [2.24, 2.45) is 34.0 Å². The van der Waals surface area contributed by atoms with E-state index in [2.05, 4.69) is 20.8 Å². The zero-order valence-electron chi connectivity index (χ0n) is 13.7. The molecule has 2 bridgehead atoms. The first kappa shape index (κ1) is 13.0. The van der Waals surface area contributed by atoms with Gasteiger partial charge in [-0.15, -0.1) is 0 Å². The minimum atomic E-state index is -0.220. The first-order valence-corrected chi connectivity index (χ1v) is 9.15. The van der Waals surface area contributed by atoms with Crippen LogP contribution >= 0.6 is 0 Å². The van der Waals surface area contributed by atoms with E-state index in [1.54, 1.807) is 0 Å². The Balaban J connectivity index is 1.39. The Hall–Kier alpha value is -0.530. The molecule has 0 aromatic carbocycles. The van der Waals surface area contributed by atoms with Crippen molar-refractivity contribution >= 4 is 5.97 Å². The van der Waals surface area contributed by atoms with E-state index in [4.69, 9.17) is 4.74 Å². The highest BCUT2D eigenvalue weighted by molar-refractivity contribution is 5.80. The maximum Gasteiger partial charge on any atom is 0.312 e. The number of ether oxygens (including phenoxy) is 1. The zero-order valence-corrected chi connectivity index (χ0v) is 13.7. The molecule has 0 aromatic heterocycles. The molecule has 21 heavy (non-hydrogen) atoms. The normalized spacial score (nSPS) is 62.3. The molecule has 0 aliphatic heterocycles. The Kier molecular flexibility index (Phi) is 2.07. The number of hydrogen-bond donors (Lipinski definition) is 0. The average molecular weight is 288 g/mol. The van der Waals surface area contributed by atoms with Crippen LogP contribution in [0, 0.1) is 34.0 Å². The van der Waals surface area contributed by atoms with Crippen LogP contribution in [0.3, 0.4) is 0 Å². The summed E-state index contributed by atoms with van der Waals surface area (Å²) in [4.78, 5) is 13.0.